The van der Waals surface area contributed by atoms with Crippen LogP contribution in [0.4, 0.5) is 0 Å². The maximum absolute atomic E-state index is 11.4. The Bertz CT molecular complexity index is 513. The van der Waals surface area contributed by atoms with Crippen LogP contribution in [-0.4, -0.2) is 0 Å². The average molecular weight is 198 g/mol. The van der Waals surface area contributed by atoms with E-state index in [0.717, 1.165) is 0 Å². The average Bonchev–Trinajstić information content (AvgIpc) is 2.57. The van der Waals surface area contributed by atoms with E-state index in [1.165, 1.54) is 18.2 Å². The number of hydrogen-bond acceptors (Lipinski definition) is 6. The lowest BCUT2D eigenvalue weighted by atomic mass is 10.3. The number of nitrogens with one attached hydrogen (secondary N) is 2. The van der Waals surface area contributed by atoms with E-state index in [4.69, 9.17) is 21.0 Å². The monoisotopic (exact) mass is 198 g/mol. The smallest absolute Gasteiger partial charge is 0.250 e. The number of quaternary nitrogens is 1. The minimum absolute atomic E-state index is 0.236. The maximum Gasteiger partial charge on any atom is 0.250 e. The fourth-order valence-electron chi connectivity index (χ4n) is 0.986. The lowest BCUT2D eigenvalue weighted by Crippen LogP contribution is -3.02. The summed E-state index contributed by atoms with van der Waals surface area (Å²) in [5.41, 5.74) is -1.06. The predicted octanol–water partition coefficient (Wildman–Crippen LogP) is -1.51. The summed E-state index contributed by atoms with van der Waals surface area (Å²) in [4.78, 5) is 0. The molecule has 0 bridgehead atoms. The Balaban J connectivity index is 3.30. The van der Waals surface area contributed by atoms with Gasteiger partial charge in [-0.2, -0.15) is 21.0 Å². The van der Waals surface area contributed by atoms with Crippen molar-refractivity contribution in [2.45, 2.75) is 0 Å². The number of hydroxylamine groups is 2. The van der Waals surface area contributed by atoms with Crippen molar-refractivity contribution in [2.24, 2.45) is 0 Å². The molecule has 70 valence electrons. The van der Waals surface area contributed by atoms with Crippen molar-refractivity contribution in [1.82, 2.24) is 5.32 Å². The highest BCUT2D eigenvalue weighted by Gasteiger charge is 2.30. The molecule has 0 radical (unpaired) electrons. The van der Waals surface area contributed by atoms with Gasteiger partial charge in [-0.15, -0.1) is 0 Å². The van der Waals surface area contributed by atoms with E-state index in [9.17, 15) is 5.21 Å². The van der Waals surface area contributed by atoms with E-state index in [1.807, 2.05) is 0 Å². The van der Waals surface area contributed by atoms with Gasteiger partial charge in [0.05, 0.1) is 0 Å². The largest absolute Gasteiger partial charge is 0.622 e. The summed E-state index contributed by atoms with van der Waals surface area (Å²) in [7, 11) is 0. The van der Waals surface area contributed by atoms with Crippen LogP contribution in [0.25, 0.3) is 0 Å². The third-order valence-electron chi connectivity index (χ3n) is 1.65. The van der Waals surface area contributed by atoms with E-state index < -0.39 is 10.6 Å². The molecule has 0 saturated heterocycles. The highest BCUT2D eigenvalue weighted by Crippen LogP contribution is 2.06. The zero-order valence-electron chi connectivity index (χ0n) is 7.20. The molecule has 15 heavy (non-hydrogen) atoms. The van der Waals surface area contributed by atoms with Gasteiger partial charge in [0.1, 0.15) is 18.2 Å². The quantitative estimate of drug-likeness (QED) is 0.358. The van der Waals surface area contributed by atoms with Gasteiger partial charge in [0.15, 0.2) is 11.8 Å². The normalized spacial score (nSPS) is 18.2. The van der Waals surface area contributed by atoms with E-state index in [-0.39, 0.29) is 17.2 Å². The summed E-state index contributed by atoms with van der Waals surface area (Å²) in [5.74, 6) is -0.312. The molecule has 0 aromatic heterocycles. The first-order valence-corrected chi connectivity index (χ1v) is 3.60. The SMILES string of the molecule is N#CC(C#N)=C1NC(C#N)=C(C#N)[NH+]1[O-]. The third-order valence-corrected chi connectivity index (χ3v) is 1.65. The van der Waals surface area contributed by atoms with Crippen molar-refractivity contribution in [2.75, 3.05) is 0 Å². The zero-order chi connectivity index (χ0) is 11.4. The Labute approximate surface area is 84.5 Å². The van der Waals surface area contributed by atoms with Gasteiger partial charge in [-0.25, -0.2) is 0 Å². The minimum Gasteiger partial charge on any atom is -0.622 e. The molecule has 1 heterocycles. The fourth-order valence-corrected chi connectivity index (χ4v) is 0.986. The second-order valence-corrected chi connectivity index (χ2v) is 2.40. The van der Waals surface area contributed by atoms with Crippen LogP contribution < -0.4 is 10.4 Å². The Morgan fingerprint density at radius 3 is 2.07 bits per heavy atom. The van der Waals surface area contributed by atoms with Crippen molar-refractivity contribution in [1.29, 1.82) is 21.0 Å². The highest BCUT2D eigenvalue weighted by molar-refractivity contribution is 5.44. The Morgan fingerprint density at radius 1 is 1.13 bits per heavy atom. The fraction of sp³-hybridized carbons (Fsp3) is 0. The molecule has 0 fully saturated rings. The van der Waals surface area contributed by atoms with E-state index >= 15 is 0 Å². The van der Waals surface area contributed by atoms with Crippen molar-refractivity contribution in [3.63, 3.8) is 0 Å². The standard InChI is InChI=1S/C8H2N6O/c9-1-5(2-10)8-13-6(3-11)7(4-12)14(8)15/h13-14H. The van der Waals surface area contributed by atoms with E-state index in [0.29, 0.717) is 0 Å². The zero-order valence-corrected chi connectivity index (χ0v) is 7.20. The van der Waals surface area contributed by atoms with Crippen molar-refractivity contribution in [3.8, 4) is 24.3 Å². The Hall–Kier alpha value is -2.84. The number of hydrogen-bond donors (Lipinski definition) is 2. The first kappa shape index (κ1) is 10.2. The summed E-state index contributed by atoms with van der Waals surface area (Å²) in [6.45, 7) is 0. The lowest BCUT2D eigenvalue weighted by molar-refractivity contribution is -0.755. The van der Waals surface area contributed by atoms with Gasteiger partial charge in [-0.3, -0.25) is 10.4 Å². The molecule has 0 saturated carbocycles. The number of rotatable bonds is 0. The molecule has 0 aliphatic carbocycles. The summed E-state index contributed by atoms with van der Waals surface area (Å²) < 4.78 is 0. The Kier molecular flexibility index (Phi) is 2.67. The molecular formula is C8H2N6O. The van der Waals surface area contributed by atoms with Crippen LogP contribution in [0.3, 0.4) is 0 Å². The topological polar surface area (TPSA) is 135 Å². The van der Waals surface area contributed by atoms with Gasteiger partial charge in [0.25, 0.3) is 0 Å². The number of allylic oxidation sites excluding steroid dienone is 3. The van der Waals surface area contributed by atoms with Gasteiger partial charge in [0, 0.05) is 0 Å². The molecular weight excluding hydrogens is 196 g/mol. The molecule has 2 N–H and O–H groups in total. The molecule has 0 amide bonds. The van der Waals surface area contributed by atoms with Crippen LogP contribution in [0.2, 0.25) is 0 Å². The summed E-state index contributed by atoms with van der Waals surface area (Å²) in [6, 6.07) is 6.15. The van der Waals surface area contributed by atoms with Crippen molar-refractivity contribution in [3.05, 3.63) is 28.0 Å². The van der Waals surface area contributed by atoms with E-state index in [1.54, 1.807) is 6.07 Å². The second kappa shape index (κ2) is 3.91. The highest BCUT2D eigenvalue weighted by atomic mass is 16.5. The molecule has 1 aliphatic heterocycles. The number of nitrogens with zero attached hydrogens (tertiary/aromatic N) is 4. The van der Waals surface area contributed by atoms with Crippen LogP contribution >= 0.6 is 0 Å². The van der Waals surface area contributed by atoms with Gasteiger partial charge in [0.2, 0.25) is 17.1 Å². The van der Waals surface area contributed by atoms with Gasteiger partial charge in [-0.05, 0) is 0 Å². The maximum atomic E-state index is 11.4. The molecule has 1 atom stereocenters. The summed E-state index contributed by atoms with van der Waals surface area (Å²) in [6.07, 6.45) is 0. The molecule has 7 heteroatoms. The number of nitriles is 4. The van der Waals surface area contributed by atoms with Gasteiger partial charge >= 0.3 is 0 Å². The third kappa shape index (κ3) is 1.48. The molecule has 0 aromatic carbocycles. The summed E-state index contributed by atoms with van der Waals surface area (Å²) >= 11 is 0. The lowest BCUT2D eigenvalue weighted by Gasteiger charge is -2.14. The first-order chi connectivity index (χ1) is 7.19. The first-order valence-electron chi connectivity index (χ1n) is 3.60. The molecule has 0 spiro atoms. The molecule has 1 rings (SSSR count). The minimum atomic E-state index is -0.799. The summed E-state index contributed by atoms with van der Waals surface area (Å²) in [5, 5.41) is 47.1. The Morgan fingerprint density at radius 2 is 1.73 bits per heavy atom. The van der Waals surface area contributed by atoms with Crippen LogP contribution in [0.5, 0.6) is 0 Å². The predicted molar refractivity (Wildman–Crippen MR) is 44.0 cm³/mol. The van der Waals surface area contributed by atoms with Crippen LogP contribution in [0.1, 0.15) is 0 Å². The van der Waals surface area contributed by atoms with Crippen LogP contribution in [0.15, 0.2) is 22.8 Å². The molecule has 1 aliphatic rings. The molecule has 0 aromatic rings. The van der Waals surface area contributed by atoms with Crippen molar-refractivity contribution >= 4 is 0 Å². The molecule has 1 unspecified atom stereocenters. The second-order valence-electron chi connectivity index (χ2n) is 2.40. The van der Waals surface area contributed by atoms with Crippen molar-refractivity contribution < 1.29 is 5.06 Å². The van der Waals surface area contributed by atoms with E-state index in [2.05, 4.69) is 5.32 Å². The van der Waals surface area contributed by atoms with Gasteiger partial charge < -0.3 is 5.21 Å². The van der Waals surface area contributed by atoms with Crippen LogP contribution in [-0.2, 0) is 0 Å². The molecule has 7 nitrogen and oxygen atoms in total. The van der Waals surface area contributed by atoms with Crippen LogP contribution in [0, 0.1) is 50.5 Å². The van der Waals surface area contributed by atoms with Gasteiger partial charge in [-0.1, -0.05) is 0 Å².